The predicted octanol–water partition coefficient (Wildman–Crippen LogP) is 3.30. The summed E-state index contributed by atoms with van der Waals surface area (Å²) >= 11 is 0. The lowest BCUT2D eigenvalue weighted by Crippen LogP contribution is -2.28. The maximum atomic E-state index is 12.3. The summed E-state index contributed by atoms with van der Waals surface area (Å²) in [6.45, 7) is 3.90. The van der Waals surface area contributed by atoms with Crippen LogP contribution in [0.3, 0.4) is 0 Å². The van der Waals surface area contributed by atoms with E-state index in [1.165, 1.54) is 0 Å². The number of ether oxygens (including phenoxy) is 1. The number of fused-ring (bicyclic) bond motifs is 1. The van der Waals surface area contributed by atoms with Gasteiger partial charge in [-0.3, -0.25) is 4.79 Å². The van der Waals surface area contributed by atoms with E-state index in [9.17, 15) is 4.79 Å². The number of nitrogens with one attached hydrogen (secondary N) is 2. The van der Waals surface area contributed by atoms with Gasteiger partial charge in [-0.15, -0.1) is 0 Å². The molecule has 1 atom stereocenters. The summed E-state index contributed by atoms with van der Waals surface area (Å²) in [6.07, 6.45) is 0.307. The van der Waals surface area contributed by atoms with E-state index >= 15 is 0 Å². The van der Waals surface area contributed by atoms with Crippen LogP contribution in [-0.4, -0.2) is 23.0 Å². The summed E-state index contributed by atoms with van der Waals surface area (Å²) in [5.74, 6) is 1.51. The molecular weight excluding hydrogens is 302 g/mol. The van der Waals surface area contributed by atoms with Crippen molar-refractivity contribution in [3.63, 3.8) is 0 Å². The van der Waals surface area contributed by atoms with Gasteiger partial charge >= 0.3 is 0 Å². The standard InChI is InChI=1S/C19H21N3O2/c1-12-8-9-14(10-17(12)24-3)11-18(23)20-13(2)19-21-15-6-4-5-7-16(15)22-19/h4-10,13H,11H2,1-3H3,(H,20,23)(H,21,22)/t13-/m1/s1. The summed E-state index contributed by atoms with van der Waals surface area (Å²) in [5.41, 5.74) is 3.85. The van der Waals surface area contributed by atoms with Gasteiger partial charge in [0.05, 0.1) is 30.6 Å². The van der Waals surface area contributed by atoms with Crippen molar-refractivity contribution in [2.75, 3.05) is 7.11 Å². The molecule has 24 heavy (non-hydrogen) atoms. The molecule has 0 bridgehead atoms. The number of para-hydroxylation sites is 2. The molecule has 0 aliphatic carbocycles. The SMILES string of the molecule is COc1cc(CC(=O)N[C@H](C)c2nc3ccccc3[nH]2)ccc1C. The van der Waals surface area contributed by atoms with Crippen LogP contribution < -0.4 is 10.1 Å². The molecule has 0 saturated heterocycles. The Balaban J connectivity index is 1.67. The first-order chi connectivity index (χ1) is 11.6. The summed E-state index contributed by atoms with van der Waals surface area (Å²) < 4.78 is 5.30. The molecule has 0 aliphatic heterocycles. The summed E-state index contributed by atoms with van der Waals surface area (Å²) in [6, 6.07) is 13.5. The number of imidazole rings is 1. The van der Waals surface area contributed by atoms with Crippen LogP contribution in [0.25, 0.3) is 11.0 Å². The maximum absolute atomic E-state index is 12.3. The van der Waals surface area contributed by atoms with Crippen LogP contribution >= 0.6 is 0 Å². The molecule has 1 heterocycles. The number of hydrogen-bond donors (Lipinski definition) is 2. The van der Waals surface area contributed by atoms with Gasteiger partial charge in [0.25, 0.3) is 0 Å². The smallest absolute Gasteiger partial charge is 0.224 e. The van der Waals surface area contributed by atoms with Crippen LogP contribution in [0, 0.1) is 6.92 Å². The van der Waals surface area contributed by atoms with Crippen molar-refractivity contribution in [2.45, 2.75) is 26.3 Å². The maximum Gasteiger partial charge on any atom is 0.224 e. The minimum atomic E-state index is -0.183. The van der Waals surface area contributed by atoms with Gasteiger partial charge in [0.1, 0.15) is 11.6 Å². The number of aromatic nitrogens is 2. The van der Waals surface area contributed by atoms with Crippen molar-refractivity contribution in [1.29, 1.82) is 0 Å². The zero-order valence-corrected chi connectivity index (χ0v) is 14.1. The first kappa shape index (κ1) is 16.1. The molecule has 1 aromatic heterocycles. The van der Waals surface area contributed by atoms with E-state index in [0.29, 0.717) is 6.42 Å². The lowest BCUT2D eigenvalue weighted by Gasteiger charge is -2.12. The van der Waals surface area contributed by atoms with Crippen LogP contribution in [0.5, 0.6) is 5.75 Å². The first-order valence-electron chi connectivity index (χ1n) is 7.94. The molecule has 0 unspecified atom stereocenters. The molecule has 5 nitrogen and oxygen atoms in total. The molecule has 124 valence electrons. The summed E-state index contributed by atoms with van der Waals surface area (Å²) in [5, 5.41) is 2.98. The Morgan fingerprint density at radius 1 is 1.29 bits per heavy atom. The number of methoxy groups -OCH3 is 1. The Labute approximate surface area is 141 Å². The zero-order chi connectivity index (χ0) is 17.1. The lowest BCUT2D eigenvalue weighted by molar-refractivity contribution is -0.121. The fraction of sp³-hybridized carbons (Fsp3) is 0.263. The normalized spacial score (nSPS) is 12.1. The second kappa shape index (κ2) is 6.74. The molecule has 0 aliphatic rings. The highest BCUT2D eigenvalue weighted by atomic mass is 16.5. The Kier molecular flexibility index (Phi) is 4.51. The van der Waals surface area contributed by atoms with Gasteiger partial charge < -0.3 is 15.0 Å². The van der Waals surface area contributed by atoms with E-state index in [4.69, 9.17) is 4.74 Å². The number of amides is 1. The molecule has 2 N–H and O–H groups in total. The molecule has 0 saturated carbocycles. The summed E-state index contributed by atoms with van der Waals surface area (Å²) in [4.78, 5) is 20.1. The van der Waals surface area contributed by atoms with Crippen molar-refractivity contribution in [2.24, 2.45) is 0 Å². The Hall–Kier alpha value is -2.82. The van der Waals surface area contributed by atoms with E-state index in [-0.39, 0.29) is 11.9 Å². The first-order valence-corrected chi connectivity index (χ1v) is 7.94. The van der Waals surface area contributed by atoms with Crippen LogP contribution in [0.2, 0.25) is 0 Å². The second-order valence-corrected chi connectivity index (χ2v) is 5.91. The topological polar surface area (TPSA) is 67.0 Å². The molecule has 3 rings (SSSR count). The molecule has 3 aromatic rings. The van der Waals surface area contributed by atoms with Crippen LogP contribution in [0.4, 0.5) is 0 Å². The average Bonchev–Trinajstić information content (AvgIpc) is 3.00. The van der Waals surface area contributed by atoms with E-state index < -0.39 is 0 Å². The minimum absolute atomic E-state index is 0.0473. The van der Waals surface area contributed by atoms with Crippen molar-refractivity contribution in [3.05, 3.63) is 59.4 Å². The number of H-pyrrole nitrogens is 1. The largest absolute Gasteiger partial charge is 0.496 e. The van der Waals surface area contributed by atoms with Crippen molar-refractivity contribution >= 4 is 16.9 Å². The van der Waals surface area contributed by atoms with Crippen molar-refractivity contribution in [3.8, 4) is 5.75 Å². The number of carbonyl (C=O) groups is 1. The Morgan fingerprint density at radius 2 is 2.08 bits per heavy atom. The molecule has 0 fully saturated rings. The number of hydrogen-bond acceptors (Lipinski definition) is 3. The van der Waals surface area contributed by atoms with E-state index in [1.54, 1.807) is 7.11 Å². The van der Waals surface area contributed by atoms with Gasteiger partial charge in [-0.2, -0.15) is 0 Å². The minimum Gasteiger partial charge on any atom is -0.496 e. The van der Waals surface area contributed by atoms with Gasteiger partial charge in [0, 0.05) is 0 Å². The predicted molar refractivity (Wildman–Crippen MR) is 94.1 cm³/mol. The molecule has 0 spiro atoms. The number of benzene rings is 2. The number of rotatable bonds is 5. The second-order valence-electron chi connectivity index (χ2n) is 5.91. The Bertz CT molecular complexity index is 837. The highest BCUT2D eigenvalue weighted by Crippen LogP contribution is 2.20. The number of aromatic amines is 1. The average molecular weight is 323 g/mol. The number of carbonyl (C=O) groups excluding carboxylic acids is 1. The van der Waals surface area contributed by atoms with Gasteiger partial charge in [0.2, 0.25) is 5.91 Å². The zero-order valence-electron chi connectivity index (χ0n) is 14.1. The van der Waals surface area contributed by atoms with E-state index in [0.717, 1.165) is 33.7 Å². The van der Waals surface area contributed by atoms with E-state index in [2.05, 4.69) is 15.3 Å². The fourth-order valence-electron chi connectivity index (χ4n) is 2.70. The van der Waals surface area contributed by atoms with Crippen LogP contribution in [-0.2, 0) is 11.2 Å². The number of nitrogens with zero attached hydrogens (tertiary/aromatic N) is 1. The van der Waals surface area contributed by atoms with Crippen LogP contribution in [0.15, 0.2) is 42.5 Å². The van der Waals surface area contributed by atoms with Gasteiger partial charge in [0.15, 0.2) is 0 Å². The van der Waals surface area contributed by atoms with Crippen molar-refractivity contribution in [1.82, 2.24) is 15.3 Å². The van der Waals surface area contributed by atoms with Crippen molar-refractivity contribution < 1.29 is 9.53 Å². The fourth-order valence-corrected chi connectivity index (χ4v) is 2.70. The van der Waals surface area contributed by atoms with Gasteiger partial charge in [-0.25, -0.2) is 4.98 Å². The van der Waals surface area contributed by atoms with Gasteiger partial charge in [-0.05, 0) is 43.2 Å². The quantitative estimate of drug-likeness (QED) is 0.757. The highest BCUT2D eigenvalue weighted by Gasteiger charge is 2.14. The summed E-state index contributed by atoms with van der Waals surface area (Å²) in [7, 11) is 1.63. The van der Waals surface area contributed by atoms with Gasteiger partial charge in [-0.1, -0.05) is 24.3 Å². The molecule has 0 radical (unpaired) electrons. The molecule has 1 amide bonds. The monoisotopic (exact) mass is 323 g/mol. The third-order valence-corrected chi connectivity index (χ3v) is 4.03. The third-order valence-electron chi connectivity index (χ3n) is 4.03. The Morgan fingerprint density at radius 3 is 2.83 bits per heavy atom. The van der Waals surface area contributed by atoms with Crippen LogP contribution in [0.1, 0.15) is 29.9 Å². The molecule has 5 heteroatoms. The highest BCUT2D eigenvalue weighted by molar-refractivity contribution is 5.79. The number of aryl methyl sites for hydroxylation is 1. The molecule has 2 aromatic carbocycles. The van der Waals surface area contributed by atoms with E-state index in [1.807, 2.05) is 56.3 Å². The lowest BCUT2D eigenvalue weighted by atomic mass is 10.1. The molecular formula is C19H21N3O2. The third kappa shape index (κ3) is 3.40.